The monoisotopic (exact) mass is 314 g/mol. The number of halogens is 1. The molecule has 0 aliphatic carbocycles. The Balaban J connectivity index is 0.00000400. The quantitative estimate of drug-likeness (QED) is 0.285. The maximum atomic E-state index is 7.30. The lowest BCUT2D eigenvalue weighted by Crippen LogP contribution is -2.28. The molecular weight excluding hydrogens is 288 g/mol. The van der Waals surface area contributed by atoms with Gasteiger partial charge in [-0.05, 0) is 50.2 Å². The third-order valence-electron chi connectivity index (χ3n) is 2.84. The van der Waals surface area contributed by atoms with E-state index in [1.54, 1.807) is 12.1 Å². The number of ether oxygens (including phenoxy) is 1. The summed E-state index contributed by atoms with van der Waals surface area (Å²) in [5, 5.41) is 14.0. The highest BCUT2D eigenvalue weighted by molar-refractivity contribution is 5.94. The molecule has 0 atom stereocenters. The Morgan fingerprint density at radius 1 is 1.10 bits per heavy atom. The molecule has 5 nitrogen and oxygen atoms in total. The molecule has 0 bridgehead atoms. The van der Waals surface area contributed by atoms with Gasteiger partial charge in [0, 0.05) is 18.7 Å². The third-order valence-corrected chi connectivity index (χ3v) is 2.84. The molecule has 120 valence electrons. The van der Waals surface area contributed by atoms with Crippen molar-refractivity contribution in [1.29, 1.82) is 5.41 Å². The van der Waals surface area contributed by atoms with Crippen LogP contribution in [0.3, 0.4) is 0 Å². The summed E-state index contributed by atoms with van der Waals surface area (Å²) in [4.78, 5) is 0. The summed E-state index contributed by atoms with van der Waals surface area (Å²) in [5.74, 6) is 0.900. The van der Waals surface area contributed by atoms with E-state index < -0.39 is 0 Å². The van der Waals surface area contributed by atoms with E-state index >= 15 is 0 Å². The first-order valence-electron chi connectivity index (χ1n) is 7.22. The van der Waals surface area contributed by atoms with E-state index in [0.717, 1.165) is 43.9 Å². The van der Waals surface area contributed by atoms with Crippen molar-refractivity contribution >= 4 is 18.2 Å². The minimum Gasteiger partial charge on any atom is -0.494 e. The summed E-state index contributed by atoms with van der Waals surface area (Å²) in [7, 11) is 0. The van der Waals surface area contributed by atoms with Crippen LogP contribution in [0.2, 0.25) is 0 Å². The molecule has 1 aromatic carbocycles. The molecule has 0 radical (unpaired) electrons. The van der Waals surface area contributed by atoms with Crippen molar-refractivity contribution in [2.24, 2.45) is 5.73 Å². The van der Waals surface area contributed by atoms with Gasteiger partial charge < -0.3 is 21.1 Å². The Bertz CT molecular complexity index is 384. The predicted octanol–water partition coefficient (Wildman–Crippen LogP) is 1.75. The number of nitrogens with one attached hydrogen (secondary N) is 3. The Morgan fingerprint density at radius 3 is 2.29 bits per heavy atom. The second-order valence-electron chi connectivity index (χ2n) is 4.64. The van der Waals surface area contributed by atoms with Crippen LogP contribution in [0.15, 0.2) is 24.3 Å². The second kappa shape index (κ2) is 12.4. The Morgan fingerprint density at radius 2 is 1.71 bits per heavy atom. The van der Waals surface area contributed by atoms with E-state index in [1.165, 1.54) is 6.42 Å². The topological polar surface area (TPSA) is 83.2 Å². The summed E-state index contributed by atoms with van der Waals surface area (Å²) in [5.41, 5.74) is 6.11. The molecule has 0 aliphatic rings. The molecule has 0 amide bonds. The molecule has 0 aliphatic heterocycles. The van der Waals surface area contributed by atoms with Crippen molar-refractivity contribution in [3.8, 4) is 5.75 Å². The van der Waals surface area contributed by atoms with Gasteiger partial charge in [-0.15, -0.1) is 12.4 Å². The first-order valence-corrected chi connectivity index (χ1v) is 7.22. The standard InChI is InChI=1S/C15H26N4O.ClH/c1-2-8-18-10-11-19-9-3-12-20-14-6-4-13(5-7-14)15(16)17;/h4-7,18-19H,2-3,8-12H2,1H3,(H3,16,17);1H. The highest BCUT2D eigenvalue weighted by Crippen LogP contribution is 2.11. The molecule has 5 N–H and O–H groups in total. The van der Waals surface area contributed by atoms with Crippen LogP contribution in [0.5, 0.6) is 5.75 Å². The number of rotatable bonds is 11. The molecule has 0 unspecified atom stereocenters. The van der Waals surface area contributed by atoms with E-state index in [4.69, 9.17) is 15.9 Å². The number of hydrogen-bond donors (Lipinski definition) is 4. The van der Waals surface area contributed by atoms with E-state index in [9.17, 15) is 0 Å². The fourth-order valence-electron chi connectivity index (χ4n) is 1.72. The minimum absolute atomic E-state index is 0. The molecule has 0 aromatic heterocycles. The van der Waals surface area contributed by atoms with E-state index in [-0.39, 0.29) is 18.2 Å². The molecule has 0 saturated carbocycles. The van der Waals surface area contributed by atoms with Crippen LogP contribution >= 0.6 is 12.4 Å². The Labute approximate surface area is 133 Å². The summed E-state index contributed by atoms with van der Waals surface area (Å²) in [6.45, 7) is 6.91. The second-order valence-corrected chi connectivity index (χ2v) is 4.64. The zero-order valence-corrected chi connectivity index (χ0v) is 13.5. The zero-order chi connectivity index (χ0) is 14.6. The fraction of sp³-hybridized carbons (Fsp3) is 0.533. The van der Waals surface area contributed by atoms with Crippen LogP contribution in [0, 0.1) is 5.41 Å². The lowest BCUT2D eigenvalue weighted by molar-refractivity contribution is 0.308. The molecule has 0 fully saturated rings. The van der Waals surface area contributed by atoms with Crippen LogP contribution in [0.4, 0.5) is 0 Å². The highest BCUT2D eigenvalue weighted by Gasteiger charge is 1.97. The maximum Gasteiger partial charge on any atom is 0.122 e. The fourth-order valence-corrected chi connectivity index (χ4v) is 1.72. The minimum atomic E-state index is 0. The van der Waals surface area contributed by atoms with Gasteiger partial charge in [-0.25, -0.2) is 0 Å². The number of nitrogen functional groups attached to an aromatic ring is 1. The van der Waals surface area contributed by atoms with Crippen molar-refractivity contribution < 1.29 is 4.74 Å². The molecular formula is C15H27ClN4O. The molecule has 1 rings (SSSR count). The van der Waals surface area contributed by atoms with Crippen LogP contribution in [-0.2, 0) is 0 Å². The maximum absolute atomic E-state index is 7.30. The summed E-state index contributed by atoms with van der Waals surface area (Å²) in [6, 6.07) is 7.29. The van der Waals surface area contributed by atoms with Gasteiger partial charge in [-0.1, -0.05) is 6.92 Å². The summed E-state index contributed by atoms with van der Waals surface area (Å²) >= 11 is 0. The van der Waals surface area contributed by atoms with Crippen molar-refractivity contribution in [3.63, 3.8) is 0 Å². The van der Waals surface area contributed by atoms with Gasteiger partial charge >= 0.3 is 0 Å². The predicted molar refractivity (Wildman–Crippen MR) is 90.8 cm³/mol. The van der Waals surface area contributed by atoms with Crippen molar-refractivity contribution in [2.75, 3.05) is 32.8 Å². The van der Waals surface area contributed by atoms with Crippen molar-refractivity contribution in [2.45, 2.75) is 19.8 Å². The van der Waals surface area contributed by atoms with Gasteiger partial charge in [-0.3, -0.25) is 5.41 Å². The average molecular weight is 315 g/mol. The van der Waals surface area contributed by atoms with Gasteiger partial charge in [0.05, 0.1) is 6.61 Å². The van der Waals surface area contributed by atoms with Crippen molar-refractivity contribution in [3.05, 3.63) is 29.8 Å². The van der Waals surface area contributed by atoms with E-state index in [2.05, 4.69) is 17.6 Å². The van der Waals surface area contributed by atoms with Crippen LogP contribution < -0.4 is 21.1 Å². The van der Waals surface area contributed by atoms with Gasteiger partial charge in [0.1, 0.15) is 11.6 Å². The lowest BCUT2D eigenvalue weighted by Gasteiger charge is -2.08. The smallest absolute Gasteiger partial charge is 0.122 e. The average Bonchev–Trinajstić information content (AvgIpc) is 2.46. The van der Waals surface area contributed by atoms with E-state index in [1.807, 2.05) is 12.1 Å². The van der Waals surface area contributed by atoms with Crippen LogP contribution in [0.25, 0.3) is 0 Å². The normalized spacial score (nSPS) is 9.95. The molecule has 6 heteroatoms. The van der Waals surface area contributed by atoms with Crippen molar-refractivity contribution in [1.82, 2.24) is 10.6 Å². The molecule has 1 aromatic rings. The lowest BCUT2D eigenvalue weighted by atomic mass is 10.2. The number of amidine groups is 1. The van der Waals surface area contributed by atoms with Gasteiger partial charge in [0.25, 0.3) is 0 Å². The molecule has 21 heavy (non-hydrogen) atoms. The highest BCUT2D eigenvalue weighted by atomic mass is 35.5. The molecule has 0 spiro atoms. The number of benzene rings is 1. The van der Waals surface area contributed by atoms with Gasteiger partial charge in [0.2, 0.25) is 0 Å². The zero-order valence-electron chi connectivity index (χ0n) is 12.7. The first kappa shape index (κ1) is 19.7. The largest absolute Gasteiger partial charge is 0.494 e. The number of hydrogen-bond acceptors (Lipinski definition) is 4. The Kier molecular flexibility index (Phi) is 11.7. The molecule has 0 saturated heterocycles. The SMILES string of the molecule is CCCNCCNCCCOc1ccc(C(=N)N)cc1.Cl. The van der Waals surface area contributed by atoms with Gasteiger partial charge in [-0.2, -0.15) is 0 Å². The third kappa shape index (κ3) is 9.28. The van der Waals surface area contributed by atoms with Crippen LogP contribution in [0.1, 0.15) is 25.3 Å². The Hall–Kier alpha value is -1.30. The number of nitrogens with two attached hydrogens (primary N) is 1. The van der Waals surface area contributed by atoms with E-state index in [0.29, 0.717) is 6.61 Å². The summed E-state index contributed by atoms with van der Waals surface area (Å²) < 4.78 is 5.62. The summed E-state index contributed by atoms with van der Waals surface area (Å²) in [6.07, 6.45) is 2.15. The molecule has 0 heterocycles. The van der Waals surface area contributed by atoms with Crippen LogP contribution in [-0.4, -0.2) is 38.6 Å². The first-order chi connectivity index (χ1) is 9.74. The van der Waals surface area contributed by atoms with Gasteiger partial charge in [0.15, 0.2) is 0 Å².